The summed E-state index contributed by atoms with van der Waals surface area (Å²) in [5.74, 6) is 1.43. The Balaban J connectivity index is 1.73. The minimum Gasteiger partial charge on any atom is -0.378 e. The molecule has 2 aliphatic rings. The molecule has 0 bridgehead atoms. The smallest absolute Gasteiger partial charge is 0.252 e. The van der Waals surface area contributed by atoms with Gasteiger partial charge in [0.05, 0.1) is 5.69 Å². The average Bonchev–Trinajstić information content (AvgIpc) is 3.07. The Morgan fingerprint density at radius 1 is 1.03 bits per heavy atom. The molecule has 7 nitrogen and oxygen atoms in total. The van der Waals surface area contributed by atoms with E-state index < -0.39 is 0 Å². The maximum atomic E-state index is 13.5. The van der Waals surface area contributed by atoms with E-state index in [0.717, 1.165) is 57.4 Å². The summed E-state index contributed by atoms with van der Waals surface area (Å²) in [7, 11) is 4.06. The van der Waals surface area contributed by atoms with Crippen LogP contribution in [0.15, 0.2) is 41.6 Å². The van der Waals surface area contributed by atoms with Crippen molar-refractivity contribution in [2.45, 2.75) is 53.4 Å². The fourth-order valence-electron chi connectivity index (χ4n) is 5.32. The number of rotatable bonds is 3. The standard InChI is InChI=1S/C27H32N6O/c1-15-12-16(2)29-26(28-15)33-25-22(17(3)31-33)23(18-8-10-19(11-9-18)32(6)7)24-20(30-25)13-27(4,5)14-21(24)34/h8-12,23,30H,13-14H2,1-7H3/t23-/m1/s1. The quantitative estimate of drug-likeness (QED) is 0.607. The second kappa shape index (κ2) is 7.79. The Bertz CT molecular complexity index is 1310. The number of hydrogen-bond donors (Lipinski definition) is 1. The van der Waals surface area contributed by atoms with Crippen LogP contribution in [0.5, 0.6) is 0 Å². The van der Waals surface area contributed by atoms with Crippen molar-refractivity contribution in [2.75, 3.05) is 24.3 Å². The molecule has 7 heteroatoms. The van der Waals surface area contributed by atoms with E-state index in [2.05, 4.69) is 58.3 Å². The zero-order valence-electron chi connectivity index (χ0n) is 21.0. The van der Waals surface area contributed by atoms with Crippen LogP contribution in [-0.4, -0.2) is 39.6 Å². The van der Waals surface area contributed by atoms with Crippen LogP contribution in [0.3, 0.4) is 0 Å². The molecule has 0 saturated carbocycles. The normalized spacial score (nSPS) is 18.9. The average molecular weight is 457 g/mol. The summed E-state index contributed by atoms with van der Waals surface area (Å²) in [5.41, 5.74) is 7.65. The van der Waals surface area contributed by atoms with Crippen LogP contribution in [0.1, 0.15) is 60.8 Å². The summed E-state index contributed by atoms with van der Waals surface area (Å²) in [4.78, 5) is 24.9. The third-order valence-electron chi connectivity index (χ3n) is 6.78. The summed E-state index contributed by atoms with van der Waals surface area (Å²) < 4.78 is 1.81. The molecule has 0 saturated heterocycles. The molecule has 0 amide bonds. The lowest BCUT2D eigenvalue weighted by Crippen LogP contribution is -2.34. The molecule has 2 aromatic heterocycles. The van der Waals surface area contributed by atoms with Gasteiger partial charge in [-0.15, -0.1) is 0 Å². The summed E-state index contributed by atoms with van der Waals surface area (Å²) >= 11 is 0. The maximum Gasteiger partial charge on any atom is 0.252 e. The number of nitrogens with zero attached hydrogens (tertiary/aromatic N) is 5. The van der Waals surface area contributed by atoms with Gasteiger partial charge in [0.25, 0.3) is 5.95 Å². The number of carbonyl (C=O) groups is 1. The van der Waals surface area contributed by atoms with E-state index in [0.29, 0.717) is 12.4 Å². The number of hydrogen-bond acceptors (Lipinski definition) is 6. The highest BCUT2D eigenvalue weighted by Crippen LogP contribution is 2.50. The number of Topliss-reactive ketones (excluding diaryl/α,β-unsaturated/α-hetero) is 1. The number of nitrogens with one attached hydrogen (secondary N) is 1. The van der Waals surface area contributed by atoms with E-state index in [1.165, 1.54) is 0 Å². The van der Waals surface area contributed by atoms with Gasteiger partial charge in [-0.3, -0.25) is 4.79 Å². The molecule has 1 aliphatic carbocycles. The Morgan fingerprint density at radius 2 is 1.68 bits per heavy atom. The number of aryl methyl sites for hydroxylation is 3. The van der Waals surface area contributed by atoms with Gasteiger partial charge in [-0.05, 0) is 56.4 Å². The van der Waals surface area contributed by atoms with Crippen LogP contribution in [0.4, 0.5) is 11.5 Å². The molecule has 3 aromatic rings. The van der Waals surface area contributed by atoms with Gasteiger partial charge in [0.15, 0.2) is 5.78 Å². The summed E-state index contributed by atoms with van der Waals surface area (Å²) in [5, 5.41) is 8.48. The SMILES string of the molecule is Cc1cc(C)nc(-n2nc(C)c3c2NC2=C(C(=O)CC(C)(C)C2)[C@@H]3c2ccc(N(C)C)cc2)n1. The molecule has 1 aliphatic heterocycles. The number of benzene rings is 1. The van der Waals surface area contributed by atoms with E-state index in [-0.39, 0.29) is 17.1 Å². The zero-order valence-corrected chi connectivity index (χ0v) is 21.0. The lowest BCUT2D eigenvalue weighted by Gasteiger charge is -2.38. The third-order valence-corrected chi connectivity index (χ3v) is 6.78. The number of carbonyl (C=O) groups excluding carboxylic acids is 1. The molecule has 1 N–H and O–H groups in total. The predicted molar refractivity (Wildman–Crippen MR) is 135 cm³/mol. The van der Waals surface area contributed by atoms with Crippen LogP contribution in [-0.2, 0) is 4.79 Å². The minimum absolute atomic E-state index is 0.101. The Hall–Kier alpha value is -3.48. The molecule has 5 rings (SSSR count). The largest absolute Gasteiger partial charge is 0.378 e. The molecule has 0 spiro atoms. The van der Waals surface area contributed by atoms with Crippen LogP contribution in [0.2, 0.25) is 0 Å². The zero-order chi connectivity index (χ0) is 24.4. The van der Waals surface area contributed by atoms with Crippen molar-refractivity contribution in [1.82, 2.24) is 19.7 Å². The fourth-order valence-corrected chi connectivity index (χ4v) is 5.32. The van der Waals surface area contributed by atoms with E-state index in [4.69, 9.17) is 5.10 Å². The highest BCUT2D eigenvalue weighted by atomic mass is 16.1. The monoisotopic (exact) mass is 456 g/mol. The molecule has 0 fully saturated rings. The van der Waals surface area contributed by atoms with Gasteiger partial charge in [0.2, 0.25) is 0 Å². The van der Waals surface area contributed by atoms with E-state index in [1.807, 2.05) is 45.6 Å². The highest BCUT2D eigenvalue weighted by Gasteiger charge is 2.43. The predicted octanol–water partition coefficient (Wildman–Crippen LogP) is 4.85. The second-order valence-electron chi connectivity index (χ2n) is 10.6. The van der Waals surface area contributed by atoms with Crippen molar-refractivity contribution >= 4 is 17.3 Å². The van der Waals surface area contributed by atoms with Crippen LogP contribution in [0.25, 0.3) is 5.95 Å². The second-order valence-corrected chi connectivity index (χ2v) is 10.6. The Kier molecular flexibility index (Phi) is 5.11. The first-order valence-electron chi connectivity index (χ1n) is 11.8. The molecule has 1 aromatic carbocycles. The lowest BCUT2D eigenvalue weighted by molar-refractivity contribution is -0.118. The minimum atomic E-state index is -0.175. The van der Waals surface area contributed by atoms with Crippen LogP contribution >= 0.6 is 0 Å². The molecule has 1 atom stereocenters. The van der Waals surface area contributed by atoms with Gasteiger partial charge in [0, 0.05) is 60.3 Å². The van der Waals surface area contributed by atoms with E-state index >= 15 is 0 Å². The first-order chi connectivity index (χ1) is 16.0. The van der Waals surface area contributed by atoms with Gasteiger partial charge in [-0.2, -0.15) is 9.78 Å². The molecule has 34 heavy (non-hydrogen) atoms. The number of ketones is 1. The number of anilines is 2. The van der Waals surface area contributed by atoms with Crippen molar-refractivity contribution in [2.24, 2.45) is 5.41 Å². The summed E-state index contributed by atoms with van der Waals surface area (Å²) in [6.45, 7) is 10.2. The molecule has 0 unspecified atom stereocenters. The van der Waals surface area contributed by atoms with Crippen molar-refractivity contribution in [3.05, 3.63) is 69.8 Å². The Labute approximate surface area is 200 Å². The van der Waals surface area contributed by atoms with Crippen LogP contribution in [0, 0.1) is 26.2 Å². The number of fused-ring (bicyclic) bond motifs is 1. The summed E-state index contributed by atoms with van der Waals surface area (Å²) in [6.07, 6.45) is 1.35. The fraction of sp³-hybridized carbons (Fsp3) is 0.407. The Morgan fingerprint density at radius 3 is 2.29 bits per heavy atom. The third kappa shape index (κ3) is 3.69. The van der Waals surface area contributed by atoms with Crippen molar-refractivity contribution in [3.8, 4) is 5.95 Å². The van der Waals surface area contributed by atoms with Crippen molar-refractivity contribution < 1.29 is 4.79 Å². The van der Waals surface area contributed by atoms with E-state index in [1.54, 1.807) is 0 Å². The molecule has 3 heterocycles. The van der Waals surface area contributed by atoms with Gasteiger partial charge < -0.3 is 10.2 Å². The van der Waals surface area contributed by atoms with Gasteiger partial charge >= 0.3 is 0 Å². The first-order valence-corrected chi connectivity index (χ1v) is 11.8. The van der Waals surface area contributed by atoms with Crippen molar-refractivity contribution in [3.63, 3.8) is 0 Å². The summed E-state index contributed by atoms with van der Waals surface area (Å²) in [6, 6.07) is 10.5. The molecular formula is C27H32N6O. The van der Waals surface area contributed by atoms with E-state index in [9.17, 15) is 4.79 Å². The topological polar surface area (TPSA) is 75.9 Å². The van der Waals surface area contributed by atoms with Gasteiger partial charge in [0.1, 0.15) is 5.82 Å². The molecule has 176 valence electrons. The molecular weight excluding hydrogens is 424 g/mol. The maximum absolute atomic E-state index is 13.5. The first kappa shape index (κ1) is 22.3. The molecule has 0 radical (unpaired) electrons. The van der Waals surface area contributed by atoms with Crippen molar-refractivity contribution in [1.29, 1.82) is 0 Å². The number of aromatic nitrogens is 4. The lowest BCUT2D eigenvalue weighted by atomic mass is 9.69. The van der Waals surface area contributed by atoms with Crippen LogP contribution < -0.4 is 10.2 Å². The van der Waals surface area contributed by atoms with Gasteiger partial charge in [-0.25, -0.2) is 9.97 Å². The highest BCUT2D eigenvalue weighted by molar-refractivity contribution is 6.01. The number of allylic oxidation sites excluding steroid dienone is 2. The van der Waals surface area contributed by atoms with Gasteiger partial charge in [-0.1, -0.05) is 26.0 Å².